The Morgan fingerprint density at radius 1 is 1.80 bits per heavy atom. The fourth-order valence-corrected chi connectivity index (χ4v) is 0.586. The highest BCUT2D eigenvalue weighted by atomic mass is 35.5. The number of hydrogen-bond acceptors (Lipinski definition) is 3. The normalized spacial score (nSPS) is 11.8. The molecule has 56 valence electrons. The molecular formula is C6H8ClNO2. The SMILES string of the molecule is CC(CCC(=O)Cl)N=C=O. The summed E-state index contributed by atoms with van der Waals surface area (Å²) in [5.74, 6) is 0. The first-order chi connectivity index (χ1) is 4.66. The summed E-state index contributed by atoms with van der Waals surface area (Å²) in [6.45, 7) is 1.73. The minimum absolute atomic E-state index is 0.153. The number of aliphatic imine (C=N–C) groups is 1. The Morgan fingerprint density at radius 2 is 2.40 bits per heavy atom. The van der Waals surface area contributed by atoms with Gasteiger partial charge in [-0.25, -0.2) is 9.79 Å². The van der Waals surface area contributed by atoms with Crippen molar-refractivity contribution in [1.82, 2.24) is 0 Å². The van der Waals surface area contributed by atoms with Crippen LogP contribution >= 0.6 is 11.6 Å². The standard InChI is InChI=1S/C6H8ClNO2/c1-5(8-4-9)2-3-6(7)10/h5H,2-3H2,1H3. The number of hydrogen-bond donors (Lipinski definition) is 0. The molecule has 0 aromatic heterocycles. The van der Waals surface area contributed by atoms with Crippen LogP contribution in [0.5, 0.6) is 0 Å². The van der Waals surface area contributed by atoms with Gasteiger partial charge in [0.1, 0.15) is 0 Å². The third kappa shape index (κ3) is 5.48. The van der Waals surface area contributed by atoms with E-state index in [1.54, 1.807) is 6.92 Å². The topological polar surface area (TPSA) is 46.5 Å². The first-order valence-electron chi connectivity index (χ1n) is 2.92. The second-order valence-corrected chi connectivity index (χ2v) is 2.38. The Balaban J connectivity index is 3.48. The smallest absolute Gasteiger partial charge is 0.235 e. The average Bonchev–Trinajstić information content (AvgIpc) is 1.85. The van der Waals surface area contributed by atoms with Gasteiger partial charge in [0.25, 0.3) is 0 Å². The number of carbonyl (C=O) groups is 1. The summed E-state index contributed by atoms with van der Waals surface area (Å²) in [5.41, 5.74) is 0. The van der Waals surface area contributed by atoms with E-state index < -0.39 is 5.24 Å². The predicted molar refractivity (Wildman–Crippen MR) is 37.7 cm³/mol. The molecule has 0 bridgehead atoms. The Kier molecular flexibility index (Phi) is 4.81. The van der Waals surface area contributed by atoms with Crippen LogP contribution in [0.4, 0.5) is 0 Å². The van der Waals surface area contributed by atoms with Gasteiger partial charge in [-0.15, -0.1) is 0 Å². The molecule has 0 heterocycles. The number of carbonyl (C=O) groups excluding carboxylic acids is 2. The average molecular weight is 162 g/mol. The summed E-state index contributed by atoms with van der Waals surface area (Å²) in [6, 6.07) is -0.153. The first-order valence-corrected chi connectivity index (χ1v) is 3.30. The molecule has 10 heavy (non-hydrogen) atoms. The highest BCUT2D eigenvalue weighted by molar-refractivity contribution is 6.63. The lowest BCUT2D eigenvalue weighted by Gasteiger charge is -1.97. The molecule has 0 rings (SSSR count). The van der Waals surface area contributed by atoms with E-state index in [1.807, 2.05) is 0 Å². The molecule has 1 unspecified atom stereocenters. The van der Waals surface area contributed by atoms with E-state index in [1.165, 1.54) is 6.08 Å². The first kappa shape index (κ1) is 9.34. The third-order valence-electron chi connectivity index (χ3n) is 1.03. The molecule has 0 fully saturated rings. The summed E-state index contributed by atoms with van der Waals surface area (Å²) in [6.07, 6.45) is 2.18. The highest BCUT2D eigenvalue weighted by Gasteiger charge is 2.01. The molecule has 4 heteroatoms. The molecule has 0 aromatic rings. The van der Waals surface area contributed by atoms with Crippen LogP contribution in [0.1, 0.15) is 19.8 Å². The van der Waals surface area contributed by atoms with E-state index in [0.717, 1.165) is 0 Å². The summed E-state index contributed by atoms with van der Waals surface area (Å²) in [5, 5.41) is -0.395. The lowest BCUT2D eigenvalue weighted by molar-refractivity contribution is -0.111. The Labute approximate surface area is 64.1 Å². The van der Waals surface area contributed by atoms with E-state index in [9.17, 15) is 9.59 Å². The summed E-state index contributed by atoms with van der Waals surface area (Å²) in [7, 11) is 0. The zero-order valence-corrected chi connectivity index (χ0v) is 6.39. The summed E-state index contributed by atoms with van der Waals surface area (Å²) in [4.78, 5) is 23.2. The van der Waals surface area contributed by atoms with Gasteiger partial charge in [-0.1, -0.05) is 0 Å². The molecule has 0 saturated heterocycles. The lowest BCUT2D eigenvalue weighted by atomic mass is 10.2. The molecule has 0 amide bonds. The molecule has 0 aliphatic heterocycles. The largest absolute Gasteiger partial charge is 0.281 e. The highest BCUT2D eigenvalue weighted by Crippen LogP contribution is 2.01. The fourth-order valence-electron chi connectivity index (χ4n) is 0.477. The van der Waals surface area contributed by atoms with Crippen molar-refractivity contribution in [3.05, 3.63) is 0 Å². The maximum atomic E-state index is 10.2. The van der Waals surface area contributed by atoms with Crippen molar-refractivity contribution in [3.63, 3.8) is 0 Å². The van der Waals surface area contributed by atoms with Gasteiger partial charge < -0.3 is 0 Å². The minimum Gasteiger partial charge on any atom is -0.281 e. The predicted octanol–water partition coefficient (Wildman–Crippen LogP) is 1.26. The molecule has 0 saturated carbocycles. The van der Waals surface area contributed by atoms with Gasteiger partial charge in [0.15, 0.2) is 0 Å². The van der Waals surface area contributed by atoms with Gasteiger partial charge in [0, 0.05) is 6.42 Å². The van der Waals surface area contributed by atoms with Gasteiger partial charge in [-0.2, -0.15) is 0 Å². The molecule has 0 aromatic carbocycles. The van der Waals surface area contributed by atoms with Crippen LogP contribution in [0.2, 0.25) is 0 Å². The van der Waals surface area contributed by atoms with Crippen LogP contribution < -0.4 is 0 Å². The summed E-state index contributed by atoms with van der Waals surface area (Å²) >= 11 is 5.04. The van der Waals surface area contributed by atoms with Gasteiger partial charge in [0.05, 0.1) is 6.04 Å². The number of nitrogens with zero attached hydrogens (tertiary/aromatic N) is 1. The number of halogens is 1. The molecule has 3 nitrogen and oxygen atoms in total. The maximum absolute atomic E-state index is 10.2. The van der Waals surface area contributed by atoms with E-state index in [4.69, 9.17) is 11.6 Å². The molecule has 0 aliphatic carbocycles. The molecule has 0 spiro atoms. The van der Waals surface area contributed by atoms with Crippen molar-refractivity contribution in [1.29, 1.82) is 0 Å². The van der Waals surface area contributed by atoms with Crippen LogP contribution in [-0.4, -0.2) is 17.4 Å². The number of rotatable bonds is 4. The van der Waals surface area contributed by atoms with Crippen LogP contribution in [-0.2, 0) is 9.59 Å². The zero-order valence-electron chi connectivity index (χ0n) is 5.63. The molecule has 1 atom stereocenters. The van der Waals surface area contributed by atoms with E-state index in [2.05, 4.69) is 4.99 Å². The lowest BCUT2D eigenvalue weighted by Crippen LogP contribution is -1.99. The van der Waals surface area contributed by atoms with Crippen molar-refractivity contribution in [3.8, 4) is 0 Å². The van der Waals surface area contributed by atoms with Crippen LogP contribution in [0.15, 0.2) is 4.99 Å². The van der Waals surface area contributed by atoms with Crippen LogP contribution in [0.25, 0.3) is 0 Å². The van der Waals surface area contributed by atoms with Gasteiger partial charge in [-0.05, 0) is 24.9 Å². The fraction of sp³-hybridized carbons (Fsp3) is 0.667. The van der Waals surface area contributed by atoms with Gasteiger partial charge in [0.2, 0.25) is 11.3 Å². The monoisotopic (exact) mass is 161 g/mol. The molecule has 0 radical (unpaired) electrons. The zero-order chi connectivity index (χ0) is 7.98. The minimum atomic E-state index is -0.395. The second-order valence-electron chi connectivity index (χ2n) is 1.96. The van der Waals surface area contributed by atoms with Crippen LogP contribution in [0.3, 0.4) is 0 Å². The van der Waals surface area contributed by atoms with Crippen molar-refractivity contribution in [2.24, 2.45) is 4.99 Å². The quantitative estimate of drug-likeness (QED) is 0.354. The van der Waals surface area contributed by atoms with Crippen LogP contribution in [0, 0.1) is 0 Å². The van der Waals surface area contributed by atoms with E-state index in [0.29, 0.717) is 6.42 Å². The van der Waals surface area contributed by atoms with Crippen molar-refractivity contribution >= 4 is 22.9 Å². The summed E-state index contributed by atoms with van der Waals surface area (Å²) < 4.78 is 0. The number of isocyanates is 1. The Bertz CT molecular complexity index is 163. The van der Waals surface area contributed by atoms with E-state index >= 15 is 0 Å². The molecule has 0 N–H and O–H groups in total. The maximum Gasteiger partial charge on any atom is 0.235 e. The third-order valence-corrected chi connectivity index (χ3v) is 1.22. The molecule has 0 aliphatic rings. The van der Waals surface area contributed by atoms with Gasteiger partial charge in [-0.3, -0.25) is 4.79 Å². The molecular weight excluding hydrogens is 154 g/mol. The van der Waals surface area contributed by atoms with Gasteiger partial charge >= 0.3 is 0 Å². The van der Waals surface area contributed by atoms with Crippen molar-refractivity contribution < 1.29 is 9.59 Å². The Hall–Kier alpha value is -0.660. The van der Waals surface area contributed by atoms with Crippen molar-refractivity contribution in [2.45, 2.75) is 25.8 Å². The Morgan fingerprint density at radius 3 is 2.80 bits per heavy atom. The van der Waals surface area contributed by atoms with Crippen molar-refractivity contribution in [2.75, 3.05) is 0 Å². The van der Waals surface area contributed by atoms with E-state index in [-0.39, 0.29) is 12.5 Å². The second kappa shape index (κ2) is 5.15.